The molecule has 0 unspecified atom stereocenters. The van der Waals surface area contributed by atoms with Crippen molar-refractivity contribution in [3.05, 3.63) is 45.0 Å². The summed E-state index contributed by atoms with van der Waals surface area (Å²) in [4.78, 5) is 22.2. The molecule has 0 fully saturated rings. The summed E-state index contributed by atoms with van der Waals surface area (Å²) in [7, 11) is 1.51. The van der Waals surface area contributed by atoms with Crippen molar-refractivity contribution in [2.24, 2.45) is 0 Å². The van der Waals surface area contributed by atoms with E-state index in [2.05, 4.69) is 20.3 Å². The van der Waals surface area contributed by atoms with E-state index in [9.17, 15) is 10.1 Å². The summed E-state index contributed by atoms with van der Waals surface area (Å²) in [6.45, 7) is 1.82. The molecule has 0 amide bonds. The lowest BCUT2D eigenvalue weighted by atomic mass is 10.2. The molecule has 2 aromatic heterocycles. The quantitative estimate of drug-likeness (QED) is 0.513. The molecule has 0 spiro atoms. The standard InChI is InChI=1S/C12H12ClN5O3/c1-7-10(18(19)20)11(17-12(13)16-7)15-6-8-3-4-14-9(5-8)21-2/h3-5H,6H2,1-2H3,(H,15,16,17). The lowest BCUT2D eigenvalue weighted by Crippen LogP contribution is -2.08. The van der Waals surface area contributed by atoms with Crippen LogP contribution in [0.15, 0.2) is 18.3 Å². The molecule has 110 valence electrons. The molecule has 0 aliphatic rings. The molecule has 2 heterocycles. The zero-order chi connectivity index (χ0) is 15.4. The molecular formula is C12H12ClN5O3. The minimum Gasteiger partial charge on any atom is -0.481 e. The Balaban J connectivity index is 2.25. The van der Waals surface area contributed by atoms with Gasteiger partial charge < -0.3 is 10.1 Å². The molecule has 0 saturated heterocycles. The van der Waals surface area contributed by atoms with Gasteiger partial charge in [0.2, 0.25) is 17.0 Å². The number of methoxy groups -OCH3 is 1. The Kier molecular flexibility index (Phi) is 4.49. The number of hydrogen-bond donors (Lipinski definition) is 1. The van der Waals surface area contributed by atoms with Crippen LogP contribution in [0, 0.1) is 17.0 Å². The SMILES string of the molecule is COc1cc(CNc2nc(Cl)nc(C)c2[N+](=O)[O-])ccn1. The van der Waals surface area contributed by atoms with Crippen LogP contribution in [0.4, 0.5) is 11.5 Å². The van der Waals surface area contributed by atoms with E-state index in [4.69, 9.17) is 16.3 Å². The molecule has 0 aliphatic carbocycles. The Morgan fingerprint density at radius 3 is 2.90 bits per heavy atom. The fourth-order valence-electron chi connectivity index (χ4n) is 1.73. The van der Waals surface area contributed by atoms with E-state index >= 15 is 0 Å². The van der Waals surface area contributed by atoms with Crippen molar-refractivity contribution >= 4 is 23.1 Å². The zero-order valence-corrected chi connectivity index (χ0v) is 12.1. The number of anilines is 1. The predicted molar refractivity (Wildman–Crippen MR) is 76.5 cm³/mol. The van der Waals surface area contributed by atoms with Gasteiger partial charge in [0.1, 0.15) is 5.69 Å². The van der Waals surface area contributed by atoms with E-state index in [0.29, 0.717) is 12.4 Å². The van der Waals surface area contributed by atoms with Gasteiger partial charge in [-0.25, -0.2) is 9.97 Å². The Bertz CT molecular complexity index is 680. The first-order valence-electron chi connectivity index (χ1n) is 5.92. The van der Waals surface area contributed by atoms with Gasteiger partial charge >= 0.3 is 5.69 Å². The summed E-state index contributed by atoms with van der Waals surface area (Å²) in [5.74, 6) is 0.536. The molecule has 0 bridgehead atoms. The van der Waals surface area contributed by atoms with Crippen LogP contribution in [0.25, 0.3) is 0 Å². The number of hydrogen-bond acceptors (Lipinski definition) is 7. The minimum absolute atomic E-state index is 0.0482. The average Bonchev–Trinajstić information content (AvgIpc) is 2.44. The molecule has 1 N–H and O–H groups in total. The molecule has 0 radical (unpaired) electrons. The van der Waals surface area contributed by atoms with Gasteiger partial charge in [-0.1, -0.05) is 0 Å². The van der Waals surface area contributed by atoms with E-state index in [1.165, 1.54) is 14.0 Å². The van der Waals surface area contributed by atoms with Crippen molar-refractivity contribution < 1.29 is 9.66 Å². The van der Waals surface area contributed by atoms with Gasteiger partial charge in [0.05, 0.1) is 12.0 Å². The second-order valence-corrected chi connectivity index (χ2v) is 4.43. The second kappa shape index (κ2) is 6.31. The molecule has 0 aliphatic heterocycles. The molecule has 0 atom stereocenters. The van der Waals surface area contributed by atoms with Crippen molar-refractivity contribution in [2.45, 2.75) is 13.5 Å². The van der Waals surface area contributed by atoms with Gasteiger partial charge in [0.25, 0.3) is 0 Å². The fourth-order valence-corrected chi connectivity index (χ4v) is 1.94. The summed E-state index contributed by atoms with van der Waals surface area (Å²) >= 11 is 5.74. The maximum Gasteiger partial charge on any atom is 0.332 e. The first kappa shape index (κ1) is 14.9. The zero-order valence-electron chi connectivity index (χ0n) is 11.3. The van der Waals surface area contributed by atoms with Crippen LogP contribution < -0.4 is 10.1 Å². The van der Waals surface area contributed by atoms with Crippen molar-refractivity contribution in [3.63, 3.8) is 0 Å². The second-order valence-electron chi connectivity index (χ2n) is 4.09. The van der Waals surface area contributed by atoms with Crippen LogP contribution in [0.2, 0.25) is 5.28 Å². The van der Waals surface area contributed by atoms with Crippen LogP contribution in [-0.4, -0.2) is 27.0 Å². The summed E-state index contributed by atoms with van der Waals surface area (Å²) in [6.07, 6.45) is 1.59. The van der Waals surface area contributed by atoms with Crippen molar-refractivity contribution in [1.82, 2.24) is 15.0 Å². The highest BCUT2D eigenvalue weighted by atomic mass is 35.5. The topological polar surface area (TPSA) is 103 Å². The van der Waals surface area contributed by atoms with Gasteiger partial charge in [0.15, 0.2) is 0 Å². The first-order valence-corrected chi connectivity index (χ1v) is 6.30. The first-order chi connectivity index (χ1) is 10.0. The van der Waals surface area contributed by atoms with E-state index in [-0.39, 0.29) is 22.5 Å². The van der Waals surface area contributed by atoms with E-state index in [1.807, 2.05) is 0 Å². The van der Waals surface area contributed by atoms with Crippen LogP contribution in [-0.2, 0) is 6.54 Å². The highest BCUT2D eigenvalue weighted by Crippen LogP contribution is 2.26. The van der Waals surface area contributed by atoms with Gasteiger partial charge in [-0.05, 0) is 30.2 Å². The van der Waals surface area contributed by atoms with Gasteiger partial charge in [-0.2, -0.15) is 4.98 Å². The predicted octanol–water partition coefficient (Wildman–Crippen LogP) is 2.36. The maximum absolute atomic E-state index is 11.1. The molecule has 0 aromatic carbocycles. The van der Waals surface area contributed by atoms with Gasteiger partial charge in [0, 0.05) is 18.8 Å². The third-order valence-electron chi connectivity index (χ3n) is 2.68. The van der Waals surface area contributed by atoms with E-state index < -0.39 is 4.92 Å². The van der Waals surface area contributed by atoms with Crippen LogP contribution in [0.1, 0.15) is 11.3 Å². The number of rotatable bonds is 5. The van der Waals surface area contributed by atoms with Gasteiger partial charge in [-0.15, -0.1) is 0 Å². The highest BCUT2D eigenvalue weighted by molar-refractivity contribution is 6.28. The number of nitrogens with one attached hydrogen (secondary N) is 1. The summed E-state index contributed by atoms with van der Waals surface area (Å²) in [6, 6.07) is 3.48. The smallest absolute Gasteiger partial charge is 0.332 e. The van der Waals surface area contributed by atoms with Crippen LogP contribution >= 0.6 is 11.6 Å². The minimum atomic E-state index is -0.541. The fraction of sp³-hybridized carbons (Fsp3) is 0.250. The van der Waals surface area contributed by atoms with Crippen molar-refractivity contribution in [1.29, 1.82) is 0 Å². The average molecular weight is 310 g/mol. The van der Waals surface area contributed by atoms with Crippen molar-refractivity contribution in [3.8, 4) is 5.88 Å². The monoisotopic (exact) mass is 309 g/mol. The molecular weight excluding hydrogens is 298 g/mol. The molecule has 9 heteroatoms. The third kappa shape index (κ3) is 3.54. The normalized spacial score (nSPS) is 10.2. The Morgan fingerprint density at radius 2 is 2.24 bits per heavy atom. The van der Waals surface area contributed by atoms with Crippen molar-refractivity contribution in [2.75, 3.05) is 12.4 Å². The molecule has 2 rings (SSSR count). The lowest BCUT2D eigenvalue weighted by Gasteiger charge is -2.08. The number of ether oxygens (including phenoxy) is 1. The third-order valence-corrected chi connectivity index (χ3v) is 2.85. The Morgan fingerprint density at radius 1 is 1.48 bits per heavy atom. The number of halogens is 1. The lowest BCUT2D eigenvalue weighted by molar-refractivity contribution is -0.385. The number of nitro groups is 1. The van der Waals surface area contributed by atoms with Crippen LogP contribution in [0.3, 0.4) is 0 Å². The molecule has 2 aromatic rings. The largest absolute Gasteiger partial charge is 0.481 e. The molecule has 0 saturated carbocycles. The number of nitrogens with zero attached hydrogens (tertiary/aromatic N) is 4. The van der Waals surface area contributed by atoms with Gasteiger partial charge in [-0.3, -0.25) is 10.1 Å². The number of aromatic nitrogens is 3. The maximum atomic E-state index is 11.1. The van der Waals surface area contributed by atoms with Crippen LogP contribution in [0.5, 0.6) is 5.88 Å². The Labute approximate surface area is 125 Å². The summed E-state index contributed by atoms with van der Waals surface area (Å²) in [5.41, 5.74) is 0.846. The highest BCUT2D eigenvalue weighted by Gasteiger charge is 2.21. The molecule has 21 heavy (non-hydrogen) atoms. The number of pyridine rings is 1. The summed E-state index contributed by atoms with van der Waals surface area (Å²) in [5, 5.41) is 13.9. The molecule has 8 nitrogen and oxygen atoms in total. The summed E-state index contributed by atoms with van der Waals surface area (Å²) < 4.78 is 5.01. The Hall–Kier alpha value is -2.48. The van der Waals surface area contributed by atoms with E-state index in [0.717, 1.165) is 5.56 Å². The van der Waals surface area contributed by atoms with E-state index in [1.54, 1.807) is 18.3 Å². The number of aryl methyl sites for hydroxylation is 1.